The van der Waals surface area contributed by atoms with Crippen molar-refractivity contribution in [2.45, 2.75) is 13.8 Å². The maximum atomic E-state index is 6.43. The fraction of sp³-hybridized carbons (Fsp3) is 0.111. The van der Waals surface area contributed by atoms with E-state index in [-0.39, 0.29) is 11.1 Å². The van der Waals surface area contributed by atoms with Crippen LogP contribution in [0.3, 0.4) is 0 Å². The summed E-state index contributed by atoms with van der Waals surface area (Å²) in [5.41, 5.74) is 10.7. The Morgan fingerprint density at radius 3 is 2.72 bits per heavy atom. The number of nitrogens with zero attached hydrogens (tertiary/aromatic N) is 4. The molecule has 0 bridgehead atoms. The van der Waals surface area contributed by atoms with Gasteiger partial charge in [0.05, 0.1) is 11.8 Å². The van der Waals surface area contributed by atoms with Crippen LogP contribution in [-0.4, -0.2) is 19.9 Å². The van der Waals surface area contributed by atoms with Gasteiger partial charge < -0.3 is 10.2 Å². The predicted octanol–water partition coefficient (Wildman–Crippen LogP) is 4.20. The number of benzene rings is 1. The highest BCUT2D eigenvalue weighted by molar-refractivity contribution is 6.33. The van der Waals surface area contributed by atoms with Crippen LogP contribution in [0.5, 0.6) is 0 Å². The van der Waals surface area contributed by atoms with Crippen LogP contribution in [0.25, 0.3) is 33.5 Å². The van der Waals surface area contributed by atoms with E-state index in [0.29, 0.717) is 17.0 Å². The number of rotatable bonds is 2. The van der Waals surface area contributed by atoms with Gasteiger partial charge in [0.1, 0.15) is 17.2 Å². The molecule has 0 aliphatic rings. The van der Waals surface area contributed by atoms with Gasteiger partial charge in [-0.3, -0.25) is 0 Å². The van der Waals surface area contributed by atoms with Crippen molar-refractivity contribution >= 4 is 28.5 Å². The molecular formula is C18H14ClN5O. The lowest BCUT2D eigenvalue weighted by Gasteiger charge is -2.12. The Morgan fingerprint density at radius 2 is 1.96 bits per heavy atom. The molecule has 4 rings (SSSR count). The van der Waals surface area contributed by atoms with Gasteiger partial charge in [-0.2, -0.15) is 0 Å². The minimum Gasteiger partial charge on any atom is -0.463 e. The molecule has 124 valence electrons. The van der Waals surface area contributed by atoms with Crippen LogP contribution in [0.4, 0.5) is 5.95 Å². The quantitative estimate of drug-likeness (QED) is 0.544. The summed E-state index contributed by atoms with van der Waals surface area (Å²) in [4.78, 5) is 17.1. The molecule has 0 saturated heterocycles. The van der Waals surface area contributed by atoms with Gasteiger partial charge in [0, 0.05) is 16.6 Å². The fourth-order valence-corrected chi connectivity index (χ4v) is 3.20. The number of nitrogen functional groups attached to an aromatic ring is 1. The Kier molecular flexibility index (Phi) is 3.62. The maximum Gasteiger partial charge on any atom is 0.222 e. The molecule has 6 nitrogen and oxygen atoms in total. The second kappa shape index (κ2) is 5.82. The molecule has 0 atom stereocenters. The van der Waals surface area contributed by atoms with Crippen molar-refractivity contribution in [1.82, 2.24) is 19.9 Å². The van der Waals surface area contributed by atoms with Crippen molar-refractivity contribution in [2.75, 3.05) is 5.73 Å². The summed E-state index contributed by atoms with van der Waals surface area (Å²) in [6, 6.07) is 7.59. The number of aryl methyl sites for hydroxylation is 2. The molecule has 3 aromatic heterocycles. The van der Waals surface area contributed by atoms with E-state index in [0.717, 1.165) is 27.7 Å². The third kappa shape index (κ3) is 2.60. The van der Waals surface area contributed by atoms with Gasteiger partial charge in [0.15, 0.2) is 5.76 Å². The monoisotopic (exact) mass is 351 g/mol. The highest BCUT2D eigenvalue weighted by Crippen LogP contribution is 2.38. The van der Waals surface area contributed by atoms with Gasteiger partial charge in [-0.15, -0.1) is 0 Å². The molecule has 7 heteroatoms. The normalized spacial score (nSPS) is 11.2. The Balaban J connectivity index is 2.06. The zero-order valence-corrected chi connectivity index (χ0v) is 14.4. The van der Waals surface area contributed by atoms with Crippen molar-refractivity contribution in [1.29, 1.82) is 0 Å². The number of furan rings is 1. The van der Waals surface area contributed by atoms with Crippen LogP contribution < -0.4 is 5.73 Å². The first kappa shape index (κ1) is 15.5. The standard InChI is InChI=1S/C18H14ClN5O/c1-9-6-11(7-12-10(2)21-8-22-15(9)12)14-16(13-4-3-5-25-13)23-18(20)24-17(14)19/h3-8H,1-2H3,(H2,20,23,24). The molecule has 0 amide bonds. The largest absolute Gasteiger partial charge is 0.463 e. The average molecular weight is 352 g/mol. The molecule has 0 radical (unpaired) electrons. The summed E-state index contributed by atoms with van der Waals surface area (Å²) < 4.78 is 5.50. The molecule has 3 heterocycles. The van der Waals surface area contributed by atoms with Gasteiger partial charge in [-0.1, -0.05) is 11.6 Å². The van der Waals surface area contributed by atoms with Crippen molar-refractivity contribution in [3.8, 4) is 22.6 Å². The van der Waals surface area contributed by atoms with Crippen LogP contribution in [-0.2, 0) is 0 Å². The number of nitrogens with two attached hydrogens (primary N) is 1. The lowest BCUT2D eigenvalue weighted by atomic mass is 9.98. The summed E-state index contributed by atoms with van der Waals surface area (Å²) in [7, 11) is 0. The number of anilines is 1. The van der Waals surface area contributed by atoms with E-state index in [9.17, 15) is 0 Å². The van der Waals surface area contributed by atoms with Crippen molar-refractivity contribution in [3.05, 3.63) is 53.3 Å². The Morgan fingerprint density at radius 1 is 1.12 bits per heavy atom. The molecule has 0 saturated carbocycles. The first-order valence-electron chi connectivity index (χ1n) is 7.64. The Bertz CT molecular complexity index is 1090. The third-order valence-corrected chi connectivity index (χ3v) is 4.33. The number of aromatic nitrogens is 4. The van der Waals surface area contributed by atoms with E-state index in [2.05, 4.69) is 19.9 Å². The average Bonchev–Trinajstić information content (AvgIpc) is 3.09. The second-order valence-corrected chi connectivity index (χ2v) is 6.08. The van der Waals surface area contributed by atoms with Crippen LogP contribution in [0.1, 0.15) is 11.3 Å². The molecular weight excluding hydrogens is 338 g/mol. The van der Waals surface area contributed by atoms with E-state index in [1.807, 2.05) is 32.0 Å². The molecule has 0 unspecified atom stereocenters. The minimum atomic E-state index is 0.0946. The van der Waals surface area contributed by atoms with Crippen LogP contribution in [0.2, 0.25) is 5.15 Å². The molecule has 2 N–H and O–H groups in total. The van der Waals surface area contributed by atoms with Crippen molar-refractivity contribution in [3.63, 3.8) is 0 Å². The SMILES string of the molecule is Cc1ncnc2c(C)cc(-c3c(Cl)nc(N)nc3-c3ccco3)cc12. The molecule has 0 spiro atoms. The van der Waals surface area contributed by atoms with Gasteiger partial charge >= 0.3 is 0 Å². The summed E-state index contributed by atoms with van der Waals surface area (Å²) in [6.07, 6.45) is 3.15. The highest BCUT2D eigenvalue weighted by atomic mass is 35.5. The molecule has 0 aliphatic heterocycles. The number of hydrogen-bond acceptors (Lipinski definition) is 6. The fourth-order valence-electron chi connectivity index (χ4n) is 2.91. The zero-order valence-electron chi connectivity index (χ0n) is 13.6. The topological polar surface area (TPSA) is 90.7 Å². The van der Waals surface area contributed by atoms with E-state index >= 15 is 0 Å². The molecule has 4 aromatic rings. The van der Waals surface area contributed by atoms with Crippen LogP contribution in [0.15, 0.2) is 41.3 Å². The highest BCUT2D eigenvalue weighted by Gasteiger charge is 2.19. The summed E-state index contributed by atoms with van der Waals surface area (Å²) in [5.74, 6) is 0.668. The Hall–Kier alpha value is -2.99. The summed E-state index contributed by atoms with van der Waals surface area (Å²) in [5, 5.41) is 1.22. The van der Waals surface area contributed by atoms with Gasteiger partial charge in [-0.05, 0) is 49.2 Å². The van der Waals surface area contributed by atoms with Crippen LogP contribution in [0, 0.1) is 13.8 Å². The lowest BCUT2D eigenvalue weighted by molar-refractivity contribution is 0.580. The van der Waals surface area contributed by atoms with Gasteiger partial charge in [0.25, 0.3) is 0 Å². The summed E-state index contributed by atoms with van der Waals surface area (Å²) >= 11 is 6.43. The second-order valence-electron chi connectivity index (χ2n) is 5.72. The van der Waals surface area contributed by atoms with Crippen molar-refractivity contribution in [2.24, 2.45) is 0 Å². The smallest absolute Gasteiger partial charge is 0.222 e. The van der Waals surface area contributed by atoms with Crippen molar-refractivity contribution < 1.29 is 4.42 Å². The zero-order chi connectivity index (χ0) is 17.6. The molecule has 0 aliphatic carbocycles. The van der Waals surface area contributed by atoms with E-state index in [1.165, 1.54) is 0 Å². The first-order valence-corrected chi connectivity index (χ1v) is 8.01. The molecule has 25 heavy (non-hydrogen) atoms. The number of halogens is 1. The maximum absolute atomic E-state index is 6.43. The Labute approximate surface area is 148 Å². The first-order chi connectivity index (χ1) is 12.0. The lowest BCUT2D eigenvalue weighted by Crippen LogP contribution is -2.00. The third-order valence-electron chi connectivity index (χ3n) is 4.05. The minimum absolute atomic E-state index is 0.0946. The van der Waals surface area contributed by atoms with Gasteiger partial charge in [-0.25, -0.2) is 19.9 Å². The van der Waals surface area contributed by atoms with E-state index in [4.69, 9.17) is 21.8 Å². The molecule has 0 fully saturated rings. The molecule has 1 aromatic carbocycles. The summed E-state index contributed by atoms with van der Waals surface area (Å²) in [6.45, 7) is 3.94. The number of fused-ring (bicyclic) bond motifs is 1. The number of hydrogen-bond donors (Lipinski definition) is 1. The predicted molar refractivity (Wildman–Crippen MR) is 97.2 cm³/mol. The van der Waals surface area contributed by atoms with E-state index in [1.54, 1.807) is 18.7 Å². The van der Waals surface area contributed by atoms with Gasteiger partial charge in [0.2, 0.25) is 5.95 Å². The van der Waals surface area contributed by atoms with Crippen LogP contribution >= 0.6 is 11.6 Å². The van der Waals surface area contributed by atoms with E-state index < -0.39 is 0 Å².